The van der Waals surface area contributed by atoms with Crippen molar-refractivity contribution in [3.8, 4) is 0 Å². The predicted molar refractivity (Wildman–Crippen MR) is 100 cm³/mol. The highest BCUT2D eigenvalue weighted by atomic mass is 35.5. The average molecular weight is 427 g/mol. The van der Waals surface area contributed by atoms with Gasteiger partial charge in [-0.15, -0.1) is 0 Å². The Labute approximate surface area is 161 Å². The van der Waals surface area contributed by atoms with Crippen molar-refractivity contribution in [2.45, 2.75) is 19.6 Å². The Kier molecular flexibility index (Phi) is 5.12. The Morgan fingerprint density at radius 1 is 0.577 bits per heavy atom. The summed E-state index contributed by atoms with van der Waals surface area (Å²) in [7, 11) is -7.65. The highest BCUT2D eigenvalue weighted by Crippen LogP contribution is 2.31. The monoisotopic (exact) mass is 426 g/mol. The van der Waals surface area contributed by atoms with E-state index in [1.54, 1.807) is 18.2 Å². The van der Waals surface area contributed by atoms with Crippen molar-refractivity contribution in [2.75, 3.05) is 0 Å². The molecule has 0 heterocycles. The molecule has 0 atom stereocenters. The lowest BCUT2D eigenvalue weighted by Crippen LogP contribution is -2.05. The van der Waals surface area contributed by atoms with Gasteiger partial charge >= 0.3 is 0 Å². The minimum absolute atomic E-state index is 0.000147. The summed E-state index contributed by atoms with van der Waals surface area (Å²) in [5.74, 6) is 0. The molecule has 0 aliphatic heterocycles. The van der Waals surface area contributed by atoms with Crippen LogP contribution < -0.4 is 0 Å². The molecule has 3 aromatic carbocycles. The van der Waals surface area contributed by atoms with Crippen molar-refractivity contribution in [1.82, 2.24) is 0 Å². The van der Waals surface area contributed by atoms with Crippen molar-refractivity contribution < 1.29 is 16.8 Å². The fraction of sp³-hybridized carbons (Fsp3) is 0. The van der Waals surface area contributed by atoms with Crippen molar-refractivity contribution in [1.29, 1.82) is 0 Å². The Morgan fingerprint density at radius 3 is 1.65 bits per heavy atom. The lowest BCUT2D eigenvalue weighted by Gasteiger charge is -2.09. The summed E-state index contributed by atoms with van der Waals surface area (Å²) in [6.45, 7) is 0. The third-order valence-corrected chi connectivity index (χ3v) is 7.95. The van der Waals surface area contributed by atoms with E-state index in [-0.39, 0.29) is 29.6 Å². The first-order valence-corrected chi connectivity index (χ1v) is 11.1. The van der Waals surface area contributed by atoms with Crippen LogP contribution in [0.4, 0.5) is 0 Å². The number of sulfone groups is 2. The van der Waals surface area contributed by atoms with E-state index in [2.05, 4.69) is 0 Å². The van der Waals surface area contributed by atoms with Gasteiger partial charge in [-0.2, -0.15) is 0 Å². The van der Waals surface area contributed by atoms with Crippen LogP contribution in [0, 0.1) is 0 Å². The van der Waals surface area contributed by atoms with E-state index >= 15 is 0 Å². The molecule has 0 bridgehead atoms. The van der Waals surface area contributed by atoms with Gasteiger partial charge in [-0.1, -0.05) is 41.4 Å². The third kappa shape index (κ3) is 3.50. The first-order valence-electron chi connectivity index (χ1n) is 7.33. The molecule has 0 aliphatic carbocycles. The molecule has 0 unspecified atom stereocenters. The lowest BCUT2D eigenvalue weighted by atomic mass is 10.4. The zero-order valence-electron chi connectivity index (χ0n) is 13.1. The first-order chi connectivity index (χ1) is 12.2. The second kappa shape index (κ2) is 7.04. The molecule has 3 aromatic rings. The van der Waals surface area contributed by atoms with Gasteiger partial charge in [-0.05, 0) is 54.6 Å². The molecular weight excluding hydrogens is 415 g/mol. The molecule has 0 aliphatic rings. The van der Waals surface area contributed by atoms with Gasteiger partial charge < -0.3 is 0 Å². The van der Waals surface area contributed by atoms with Gasteiger partial charge in [0.2, 0.25) is 19.7 Å². The normalized spacial score (nSPS) is 12.1. The van der Waals surface area contributed by atoms with Crippen LogP contribution in [0.5, 0.6) is 0 Å². The molecular formula is C18H12Cl2O4S2. The van der Waals surface area contributed by atoms with E-state index in [1.165, 1.54) is 54.6 Å². The van der Waals surface area contributed by atoms with Gasteiger partial charge in [0.05, 0.1) is 24.6 Å². The van der Waals surface area contributed by atoms with Gasteiger partial charge in [0.25, 0.3) is 0 Å². The van der Waals surface area contributed by atoms with E-state index in [0.29, 0.717) is 0 Å². The van der Waals surface area contributed by atoms with E-state index in [1.807, 2.05) is 0 Å². The zero-order valence-corrected chi connectivity index (χ0v) is 16.3. The molecule has 0 N–H and O–H groups in total. The molecule has 26 heavy (non-hydrogen) atoms. The molecule has 134 valence electrons. The predicted octanol–water partition coefficient (Wildman–Crippen LogP) is 4.66. The molecule has 0 saturated carbocycles. The minimum Gasteiger partial charge on any atom is -0.219 e. The first kappa shape index (κ1) is 18.9. The van der Waals surface area contributed by atoms with Crippen LogP contribution in [-0.2, 0) is 19.7 Å². The Bertz CT molecular complexity index is 1160. The number of benzene rings is 3. The quantitative estimate of drug-likeness (QED) is 0.608. The summed E-state index contributed by atoms with van der Waals surface area (Å²) in [5.41, 5.74) is 0. The highest BCUT2D eigenvalue weighted by molar-refractivity contribution is 7.92. The maximum Gasteiger partial charge on any atom is 0.208 e. The van der Waals surface area contributed by atoms with Gasteiger partial charge in [-0.3, -0.25) is 0 Å². The Balaban J connectivity index is 2.04. The summed E-state index contributed by atoms with van der Waals surface area (Å²) in [5, 5.41) is 0.270. The summed E-state index contributed by atoms with van der Waals surface area (Å²) in [4.78, 5) is -0.0765. The lowest BCUT2D eigenvalue weighted by molar-refractivity contribution is 0.592. The summed E-state index contributed by atoms with van der Waals surface area (Å²) < 4.78 is 50.6. The minimum atomic E-state index is -3.93. The van der Waals surface area contributed by atoms with Crippen molar-refractivity contribution in [2.24, 2.45) is 0 Å². The summed E-state index contributed by atoms with van der Waals surface area (Å²) in [6, 6.07) is 17.0. The molecule has 0 radical (unpaired) electrons. The Hall–Kier alpha value is -1.86. The fourth-order valence-electron chi connectivity index (χ4n) is 2.34. The number of rotatable bonds is 4. The van der Waals surface area contributed by atoms with E-state index in [4.69, 9.17) is 23.2 Å². The summed E-state index contributed by atoms with van der Waals surface area (Å²) >= 11 is 11.8. The topological polar surface area (TPSA) is 68.3 Å². The van der Waals surface area contributed by atoms with E-state index < -0.39 is 19.7 Å². The standard InChI is InChI=1S/C18H12Cl2O4S2/c19-13-6-11-17(20)18(12-13)26(23,24)16-9-7-15(8-10-16)25(21,22)14-4-2-1-3-5-14/h1-12H. The molecule has 0 amide bonds. The van der Waals surface area contributed by atoms with Crippen LogP contribution in [0.1, 0.15) is 0 Å². The number of hydrogen-bond acceptors (Lipinski definition) is 4. The van der Waals surface area contributed by atoms with Gasteiger partial charge in [0.15, 0.2) is 0 Å². The van der Waals surface area contributed by atoms with Crippen LogP contribution >= 0.6 is 23.2 Å². The van der Waals surface area contributed by atoms with Crippen LogP contribution in [0.15, 0.2) is 92.4 Å². The van der Waals surface area contributed by atoms with Crippen LogP contribution in [0.2, 0.25) is 10.0 Å². The van der Waals surface area contributed by atoms with Gasteiger partial charge in [-0.25, -0.2) is 16.8 Å². The fourth-order valence-corrected chi connectivity index (χ4v) is 5.64. The van der Waals surface area contributed by atoms with Crippen LogP contribution in [0.3, 0.4) is 0 Å². The highest BCUT2D eigenvalue weighted by Gasteiger charge is 2.23. The molecule has 4 nitrogen and oxygen atoms in total. The smallest absolute Gasteiger partial charge is 0.208 e. The van der Waals surface area contributed by atoms with Crippen molar-refractivity contribution in [3.63, 3.8) is 0 Å². The average Bonchev–Trinajstić information content (AvgIpc) is 2.64. The molecule has 0 saturated heterocycles. The molecule has 3 rings (SSSR count). The SMILES string of the molecule is O=S(=O)(c1ccccc1)c1ccc(S(=O)(=O)c2cc(Cl)ccc2Cl)cc1. The molecule has 0 aromatic heterocycles. The van der Waals surface area contributed by atoms with Crippen molar-refractivity contribution >= 4 is 42.9 Å². The zero-order chi connectivity index (χ0) is 18.9. The summed E-state index contributed by atoms with van der Waals surface area (Å²) in [6.07, 6.45) is 0. The molecule has 0 spiro atoms. The maximum atomic E-state index is 12.7. The van der Waals surface area contributed by atoms with Crippen LogP contribution in [0.25, 0.3) is 0 Å². The number of hydrogen-bond donors (Lipinski definition) is 0. The van der Waals surface area contributed by atoms with Crippen molar-refractivity contribution in [3.05, 3.63) is 82.8 Å². The third-order valence-electron chi connectivity index (χ3n) is 3.68. The van der Waals surface area contributed by atoms with Gasteiger partial charge in [0.1, 0.15) is 0 Å². The second-order valence-corrected chi connectivity index (χ2v) is 10.1. The maximum absolute atomic E-state index is 12.7. The second-order valence-electron chi connectivity index (χ2n) is 5.37. The van der Waals surface area contributed by atoms with E-state index in [9.17, 15) is 16.8 Å². The van der Waals surface area contributed by atoms with Crippen LogP contribution in [-0.4, -0.2) is 16.8 Å². The molecule has 8 heteroatoms. The number of halogens is 2. The molecule has 0 fully saturated rings. The largest absolute Gasteiger partial charge is 0.219 e. The van der Waals surface area contributed by atoms with Gasteiger partial charge in [0, 0.05) is 5.02 Å². The van der Waals surface area contributed by atoms with E-state index in [0.717, 1.165) is 0 Å². The Morgan fingerprint density at radius 2 is 1.08 bits per heavy atom.